The van der Waals surface area contributed by atoms with Gasteiger partial charge >= 0.3 is 6.03 Å². The summed E-state index contributed by atoms with van der Waals surface area (Å²) in [5.41, 5.74) is 3.08. The molecule has 0 saturated heterocycles. The second-order valence-electron chi connectivity index (χ2n) is 5.53. The Balaban J connectivity index is 2.06. The average molecular weight is 280 g/mol. The fourth-order valence-electron chi connectivity index (χ4n) is 2.70. The van der Waals surface area contributed by atoms with Crippen molar-refractivity contribution >= 4 is 6.03 Å². The van der Waals surface area contributed by atoms with Crippen LogP contribution in [0.1, 0.15) is 42.8 Å². The van der Waals surface area contributed by atoms with Crippen LogP contribution in [-0.4, -0.2) is 45.0 Å². The maximum atomic E-state index is 12.3. The second-order valence-corrected chi connectivity index (χ2v) is 5.53. The first-order valence-electron chi connectivity index (χ1n) is 7.13. The van der Waals surface area contributed by atoms with Gasteiger partial charge in [-0.3, -0.25) is 4.68 Å². The number of aromatic nitrogens is 2. The first kappa shape index (κ1) is 14.8. The van der Waals surface area contributed by atoms with Gasteiger partial charge in [0.15, 0.2) is 0 Å². The number of hydrogen-bond acceptors (Lipinski definition) is 3. The number of carbonyl (C=O) groups is 1. The molecule has 2 amide bonds. The number of urea groups is 1. The lowest BCUT2D eigenvalue weighted by Gasteiger charge is -2.24. The van der Waals surface area contributed by atoms with Crippen LogP contribution < -0.4 is 5.32 Å². The molecule has 6 nitrogen and oxygen atoms in total. The molecule has 0 spiro atoms. The molecule has 1 atom stereocenters. The van der Waals surface area contributed by atoms with Crippen LogP contribution >= 0.6 is 0 Å². The highest BCUT2D eigenvalue weighted by Gasteiger charge is 2.33. The van der Waals surface area contributed by atoms with E-state index >= 15 is 0 Å². The van der Waals surface area contributed by atoms with Gasteiger partial charge < -0.3 is 15.3 Å². The zero-order chi connectivity index (χ0) is 14.9. The quantitative estimate of drug-likeness (QED) is 0.853. The molecule has 1 aromatic heterocycles. The van der Waals surface area contributed by atoms with Crippen LogP contribution in [0, 0.1) is 13.8 Å². The third-order valence-electron chi connectivity index (χ3n) is 3.93. The van der Waals surface area contributed by atoms with Gasteiger partial charge in [0.25, 0.3) is 0 Å². The average Bonchev–Trinajstić information content (AvgIpc) is 3.15. The molecule has 0 unspecified atom stereocenters. The van der Waals surface area contributed by atoms with E-state index in [-0.39, 0.29) is 18.7 Å². The molecule has 0 aromatic carbocycles. The van der Waals surface area contributed by atoms with E-state index in [0.717, 1.165) is 29.8 Å². The van der Waals surface area contributed by atoms with Gasteiger partial charge in [0.1, 0.15) is 0 Å². The molecule has 1 fully saturated rings. The highest BCUT2D eigenvalue weighted by atomic mass is 16.3. The minimum absolute atomic E-state index is 0.00322. The van der Waals surface area contributed by atoms with Crippen molar-refractivity contribution in [3.05, 3.63) is 17.0 Å². The first-order chi connectivity index (χ1) is 9.45. The van der Waals surface area contributed by atoms with Crippen molar-refractivity contribution in [3.63, 3.8) is 0 Å². The van der Waals surface area contributed by atoms with Crippen molar-refractivity contribution in [3.8, 4) is 0 Å². The van der Waals surface area contributed by atoms with E-state index in [2.05, 4.69) is 10.4 Å². The fraction of sp³-hybridized carbons (Fsp3) is 0.714. The van der Waals surface area contributed by atoms with Gasteiger partial charge in [0, 0.05) is 30.9 Å². The monoisotopic (exact) mass is 280 g/mol. The molecular weight excluding hydrogens is 256 g/mol. The van der Waals surface area contributed by atoms with Crippen molar-refractivity contribution in [2.45, 2.75) is 45.7 Å². The van der Waals surface area contributed by atoms with Crippen LogP contribution in [-0.2, 0) is 7.05 Å². The molecular formula is C14H24N4O2. The predicted molar refractivity (Wildman–Crippen MR) is 76.4 cm³/mol. The zero-order valence-corrected chi connectivity index (χ0v) is 12.7. The molecule has 0 radical (unpaired) electrons. The number of aryl methyl sites for hydroxylation is 2. The molecule has 1 aliphatic rings. The van der Waals surface area contributed by atoms with Gasteiger partial charge in [0.05, 0.1) is 18.3 Å². The van der Waals surface area contributed by atoms with E-state index in [1.54, 1.807) is 4.90 Å². The number of rotatable bonds is 5. The number of nitrogens with zero attached hydrogens (tertiary/aromatic N) is 3. The SMILES string of the molecule is Cc1nn(C)c(C)c1[C@@H](C)NC(=O)N(CCO)C1CC1. The van der Waals surface area contributed by atoms with Gasteiger partial charge in [-0.15, -0.1) is 0 Å². The number of carbonyl (C=O) groups excluding carboxylic acids is 1. The van der Waals surface area contributed by atoms with E-state index in [1.807, 2.05) is 32.5 Å². The first-order valence-corrected chi connectivity index (χ1v) is 7.13. The van der Waals surface area contributed by atoms with Gasteiger partial charge in [-0.05, 0) is 33.6 Å². The van der Waals surface area contributed by atoms with Crippen LogP contribution in [0.15, 0.2) is 0 Å². The van der Waals surface area contributed by atoms with Gasteiger partial charge in [-0.1, -0.05) is 0 Å². The fourth-order valence-corrected chi connectivity index (χ4v) is 2.70. The van der Waals surface area contributed by atoms with Crippen molar-refractivity contribution in [2.24, 2.45) is 7.05 Å². The van der Waals surface area contributed by atoms with Crippen LogP contribution in [0.2, 0.25) is 0 Å². The third kappa shape index (κ3) is 2.95. The standard InChI is InChI=1S/C14H24N4O2/c1-9(13-10(2)16-17(4)11(13)3)15-14(20)18(7-8-19)12-5-6-12/h9,12,19H,5-8H2,1-4H3,(H,15,20)/t9-/m1/s1. The Morgan fingerprint density at radius 2 is 2.20 bits per heavy atom. The summed E-state index contributed by atoms with van der Waals surface area (Å²) in [6.07, 6.45) is 2.07. The number of amides is 2. The highest BCUT2D eigenvalue weighted by molar-refractivity contribution is 5.75. The third-order valence-corrected chi connectivity index (χ3v) is 3.93. The minimum atomic E-state index is -0.100. The Bertz CT molecular complexity index is 494. The summed E-state index contributed by atoms with van der Waals surface area (Å²) in [5, 5.41) is 16.5. The molecule has 2 N–H and O–H groups in total. The van der Waals surface area contributed by atoms with Gasteiger partial charge in [0.2, 0.25) is 0 Å². The maximum Gasteiger partial charge on any atom is 0.318 e. The van der Waals surface area contributed by atoms with Crippen molar-refractivity contribution < 1.29 is 9.90 Å². The summed E-state index contributed by atoms with van der Waals surface area (Å²) in [4.78, 5) is 14.0. The largest absolute Gasteiger partial charge is 0.395 e. The summed E-state index contributed by atoms with van der Waals surface area (Å²) in [6.45, 7) is 6.33. The maximum absolute atomic E-state index is 12.3. The number of nitrogens with one attached hydrogen (secondary N) is 1. The number of aliphatic hydroxyl groups is 1. The molecule has 20 heavy (non-hydrogen) atoms. The Kier molecular flexibility index (Phi) is 4.32. The lowest BCUT2D eigenvalue weighted by Crippen LogP contribution is -2.43. The summed E-state index contributed by atoms with van der Waals surface area (Å²) in [6, 6.07) is 0.110. The highest BCUT2D eigenvalue weighted by Crippen LogP contribution is 2.27. The Labute approximate surface area is 119 Å². The van der Waals surface area contributed by atoms with Crippen LogP contribution in [0.3, 0.4) is 0 Å². The van der Waals surface area contributed by atoms with Crippen LogP contribution in [0.4, 0.5) is 4.79 Å². The number of aliphatic hydroxyl groups excluding tert-OH is 1. The second kappa shape index (κ2) is 5.83. The van der Waals surface area contributed by atoms with E-state index < -0.39 is 0 Å². The van der Waals surface area contributed by atoms with Crippen LogP contribution in [0.5, 0.6) is 0 Å². The lowest BCUT2D eigenvalue weighted by atomic mass is 10.1. The minimum Gasteiger partial charge on any atom is -0.395 e. The Hall–Kier alpha value is -1.56. The summed E-state index contributed by atoms with van der Waals surface area (Å²) in [7, 11) is 1.91. The molecule has 0 bridgehead atoms. The number of hydrogen-bond donors (Lipinski definition) is 2. The van der Waals surface area contributed by atoms with Crippen molar-refractivity contribution in [1.82, 2.24) is 20.0 Å². The summed E-state index contributed by atoms with van der Waals surface area (Å²) < 4.78 is 1.83. The van der Waals surface area contributed by atoms with Crippen molar-refractivity contribution in [2.75, 3.05) is 13.2 Å². The summed E-state index contributed by atoms with van der Waals surface area (Å²) in [5.74, 6) is 0. The van der Waals surface area contributed by atoms with E-state index in [9.17, 15) is 4.79 Å². The topological polar surface area (TPSA) is 70.4 Å². The molecule has 0 aliphatic heterocycles. The van der Waals surface area contributed by atoms with E-state index in [4.69, 9.17) is 5.11 Å². The molecule has 1 aliphatic carbocycles. The van der Waals surface area contributed by atoms with E-state index in [0.29, 0.717) is 12.6 Å². The normalized spacial score (nSPS) is 16.1. The van der Waals surface area contributed by atoms with E-state index in [1.165, 1.54) is 0 Å². The lowest BCUT2D eigenvalue weighted by molar-refractivity contribution is 0.171. The predicted octanol–water partition coefficient (Wildman–Crippen LogP) is 1.26. The molecule has 2 rings (SSSR count). The van der Waals surface area contributed by atoms with Crippen molar-refractivity contribution in [1.29, 1.82) is 0 Å². The van der Waals surface area contributed by atoms with Crippen LogP contribution in [0.25, 0.3) is 0 Å². The molecule has 1 aromatic rings. The Morgan fingerprint density at radius 1 is 1.55 bits per heavy atom. The molecule has 112 valence electrons. The Morgan fingerprint density at radius 3 is 2.65 bits per heavy atom. The van der Waals surface area contributed by atoms with Gasteiger partial charge in [-0.25, -0.2) is 4.79 Å². The zero-order valence-electron chi connectivity index (χ0n) is 12.7. The molecule has 6 heteroatoms. The smallest absolute Gasteiger partial charge is 0.318 e. The molecule has 1 heterocycles. The molecule has 1 saturated carbocycles. The van der Waals surface area contributed by atoms with Gasteiger partial charge in [-0.2, -0.15) is 5.10 Å². The summed E-state index contributed by atoms with van der Waals surface area (Å²) >= 11 is 0.